The summed E-state index contributed by atoms with van der Waals surface area (Å²) in [5, 5.41) is 8.77. The predicted molar refractivity (Wildman–Crippen MR) is 80.1 cm³/mol. The monoisotopic (exact) mass is 273 g/mol. The van der Waals surface area contributed by atoms with Crippen LogP contribution in [-0.2, 0) is 11.2 Å². The van der Waals surface area contributed by atoms with E-state index in [1.807, 2.05) is 6.07 Å². The molecular weight excluding hydrogens is 250 g/mol. The summed E-state index contributed by atoms with van der Waals surface area (Å²) in [6, 6.07) is 8.40. The van der Waals surface area contributed by atoms with Gasteiger partial charge in [0, 0.05) is 30.6 Å². The SMILES string of the molecule is O=C(O)CCc1cccc(N2CC3(CCCCC3)C2)c1. The Morgan fingerprint density at radius 3 is 2.65 bits per heavy atom. The zero-order chi connectivity index (χ0) is 14.0. The Kier molecular flexibility index (Phi) is 3.68. The van der Waals surface area contributed by atoms with Gasteiger partial charge in [-0.25, -0.2) is 0 Å². The van der Waals surface area contributed by atoms with Crippen molar-refractivity contribution >= 4 is 11.7 Å². The normalized spacial score (nSPS) is 20.7. The van der Waals surface area contributed by atoms with E-state index in [0.717, 1.165) is 5.56 Å². The molecule has 20 heavy (non-hydrogen) atoms. The lowest BCUT2D eigenvalue weighted by Gasteiger charge is -2.53. The van der Waals surface area contributed by atoms with E-state index in [4.69, 9.17) is 5.11 Å². The molecule has 0 unspecified atom stereocenters. The van der Waals surface area contributed by atoms with Crippen molar-refractivity contribution in [1.82, 2.24) is 0 Å². The molecule has 0 radical (unpaired) electrons. The van der Waals surface area contributed by atoms with Crippen LogP contribution in [-0.4, -0.2) is 24.2 Å². The molecule has 1 aromatic carbocycles. The number of carbonyl (C=O) groups is 1. The van der Waals surface area contributed by atoms with Crippen molar-refractivity contribution in [1.29, 1.82) is 0 Å². The van der Waals surface area contributed by atoms with Crippen molar-refractivity contribution in [2.45, 2.75) is 44.9 Å². The molecule has 1 saturated carbocycles. The zero-order valence-corrected chi connectivity index (χ0v) is 12.0. The number of nitrogens with zero attached hydrogens (tertiary/aromatic N) is 1. The molecule has 3 rings (SSSR count). The molecule has 3 heteroatoms. The van der Waals surface area contributed by atoms with Crippen LogP contribution in [0.25, 0.3) is 0 Å². The molecule has 0 atom stereocenters. The molecule has 2 aliphatic rings. The quantitative estimate of drug-likeness (QED) is 0.913. The molecule has 3 nitrogen and oxygen atoms in total. The molecule has 1 aromatic rings. The molecule has 1 saturated heterocycles. The molecule has 1 spiro atoms. The number of anilines is 1. The zero-order valence-electron chi connectivity index (χ0n) is 12.0. The Balaban J connectivity index is 1.61. The van der Waals surface area contributed by atoms with Crippen LogP contribution in [0.15, 0.2) is 24.3 Å². The molecule has 1 aliphatic heterocycles. The van der Waals surface area contributed by atoms with E-state index in [2.05, 4.69) is 23.1 Å². The van der Waals surface area contributed by atoms with Gasteiger partial charge in [-0.1, -0.05) is 31.4 Å². The molecule has 108 valence electrons. The van der Waals surface area contributed by atoms with Crippen molar-refractivity contribution in [3.05, 3.63) is 29.8 Å². The smallest absolute Gasteiger partial charge is 0.303 e. The van der Waals surface area contributed by atoms with E-state index in [1.54, 1.807) is 0 Å². The third-order valence-corrected chi connectivity index (χ3v) is 4.87. The van der Waals surface area contributed by atoms with Crippen LogP contribution in [0.3, 0.4) is 0 Å². The standard InChI is InChI=1S/C17H23NO2/c19-16(20)8-7-14-5-4-6-15(11-14)18-12-17(13-18)9-2-1-3-10-17/h4-6,11H,1-3,7-10,12-13H2,(H,19,20). The number of benzene rings is 1. The number of carboxylic acid groups (broad SMARTS) is 1. The van der Waals surface area contributed by atoms with Gasteiger partial charge in [0.05, 0.1) is 0 Å². The lowest BCUT2D eigenvalue weighted by atomic mass is 9.68. The largest absolute Gasteiger partial charge is 0.481 e. The first-order valence-electron chi connectivity index (χ1n) is 7.73. The van der Waals surface area contributed by atoms with E-state index in [1.165, 1.54) is 50.9 Å². The lowest BCUT2D eigenvalue weighted by Crippen LogP contribution is -2.57. The Bertz CT molecular complexity index is 484. The summed E-state index contributed by atoms with van der Waals surface area (Å²) in [6.45, 7) is 2.38. The van der Waals surface area contributed by atoms with Crippen LogP contribution in [0, 0.1) is 5.41 Å². The number of rotatable bonds is 4. The molecular formula is C17H23NO2. The fraction of sp³-hybridized carbons (Fsp3) is 0.588. The van der Waals surface area contributed by atoms with Crippen LogP contribution in [0.4, 0.5) is 5.69 Å². The third kappa shape index (κ3) is 2.82. The van der Waals surface area contributed by atoms with E-state index >= 15 is 0 Å². The highest BCUT2D eigenvalue weighted by atomic mass is 16.4. The second-order valence-corrected chi connectivity index (χ2v) is 6.48. The van der Waals surface area contributed by atoms with Crippen LogP contribution >= 0.6 is 0 Å². The van der Waals surface area contributed by atoms with Gasteiger partial charge >= 0.3 is 5.97 Å². The van der Waals surface area contributed by atoms with Gasteiger partial charge in [0.1, 0.15) is 0 Å². The van der Waals surface area contributed by atoms with Gasteiger partial charge in [-0.3, -0.25) is 4.79 Å². The van der Waals surface area contributed by atoms with Gasteiger partial charge < -0.3 is 10.0 Å². The molecule has 1 aliphatic carbocycles. The average molecular weight is 273 g/mol. The fourth-order valence-corrected chi connectivity index (χ4v) is 3.72. The van der Waals surface area contributed by atoms with Crippen LogP contribution in [0.5, 0.6) is 0 Å². The Hall–Kier alpha value is -1.51. The summed E-state index contributed by atoms with van der Waals surface area (Å²) in [7, 11) is 0. The van der Waals surface area contributed by atoms with Crippen molar-refractivity contribution in [2.75, 3.05) is 18.0 Å². The molecule has 1 heterocycles. The summed E-state index contributed by atoms with van der Waals surface area (Å²) in [5.74, 6) is -0.722. The topological polar surface area (TPSA) is 40.5 Å². The van der Waals surface area contributed by atoms with E-state index in [0.29, 0.717) is 11.8 Å². The fourth-order valence-electron chi connectivity index (χ4n) is 3.72. The first-order chi connectivity index (χ1) is 9.67. The number of carboxylic acids is 1. The minimum atomic E-state index is -0.722. The van der Waals surface area contributed by atoms with E-state index < -0.39 is 5.97 Å². The highest BCUT2D eigenvalue weighted by molar-refractivity contribution is 5.67. The maximum Gasteiger partial charge on any atom is 0.303 e. The summed E-state index contributed by atoms with van der Waals surface area (Å²) in [5.41, 5.74) is 2.99. The van der Waals surface area contributed by atoms with Crippen LogP contribution in [0.2, 0.25) is 0 Å². The van der Waals surface area contributed by atoms with Gasteiger partial charge in [0.15, 0.2) is 0 Å². The third-order valence-electron chi connectivity index (χ3n) is 4.87. The number of hydrogen-bond acceptors (Lipinski definition) is 2. The van der Waals surface area contributed by atoms with Gasteiger partial charge in [-0.15, -0.1) is 0 Å². The number of aliphatic carboxylic acids is 1. The van der Waals surface area contributed by atoms with Crippen molar-refractivity contribution in [3.63, 3.8) is 0 Å². The maximum absolute atomic E-state index is 10.7. The van der Waals surface area contributed by atoms with Gasteiger partial charge in [-0.2, -0.15) is 0 Å². The number of aryl methyl sites for hydroxylation is 1. The van der Waals surface area contributed by atoms with Gasteiger partial charge in [0.2, 0.25) is 0 Å². The van der Waals surface area contributed by atoms with E-state index in [9.17, 15) is 4.79 Å². The highest BCUT2D eigenvalue weighted by Crippen LogP contribution is 2.45. The van der Waals surface area contributed by atoms with Crippen molar-refractivity contribution < 1.29 is 9.90 Å². The summed E-state index contributed by atoms with van der Waals surface area (Å²) in [4.78, 5) is 13.1. The van der Waals surface area contributed by atoms with Gasteiger partial charge in [-0.05, 0) is 37.0 Å². The first-order valence-corrected chi connectivity index (χ1v) is 7.73. The maximum atomic E-state index is 10.7. The molecule has 1 N–H and O–H groups in total. The van der Waals surface area contributed by atoms with Crippen LogP contribution < -0.4 is 4.90 Å². The lowest BCUT2D eigenvalue weighted by molar-refractivity contribution is -0.136. The number of hydrogen-bond donors (Lipinski definition) is 1. The van der Waals surface area contributed by atoms with Crippen LogP contribution in [0.1, 0.15) is 44.1 Å². The van der Waals surface area contributed by atoms with E-state index in [-0.39, 0.29) is 6.42 Å². The Morgan fingerprint density at radius 2 is 1.95 bits per heavy atom. The Labute approximate surface area is 120 Å². The molecule has 2 fully saturated rings. The second-order valence-electron chi connectivity index (χ2n) is 6.48. The summed E-state index contributed by atoms with van der Waals surface area (Å²) >= 11 is 0. The summed E-state index contributed by atoms with van der Waals surface area (Å²) < 4.78 is 0. The molecule has 0 aromatic heterocycles. The molecule has 0 amide bonds. The summed E-state index contributed by atoms with van der Waals surface area (Å²) in [6.07, 6.45) is 7.82. The first kappa shape index (κ1) is 13.5. The molecule has 0 bridgehead atoms. The second kappa shape index (κ2) is 5.47. The average Bonchev–Trinajstić information content (AvgIpc) is 2.44. The van der Waals surface area contributed by atoms with Crippen molar-refractivity contribution in [3.8, 4) is 0 Å². The predicted octanol–water partition coefficient (Wildman–Crippen LogP) is 3.47. The minimum Gasteiger partial charge on any atom is -0.481 e. The highest BCUT2D eigenvalue weighted by Gasteiger charge is 2.43. The van der Waals surface area contributed by atoms with Gasteiger partial charge in [0.25, 0.3) is 0 Å². The minimum absolute atomic E-state index is 0.216. The Morgan fingerprint density at radius 1 is 1.20 bits per heavy atom. The van der Waals surface area contributed by atoms with Crippen molar-refractivity contribution in [2.24, 2.45) is 5.41 Å².